The third-order valence-corrected chi connectivity index (χ3v) is 4.69. The molecule has 0 fully saturated rings. The SMILES string of the molecule is CCOP(=O)(OCC)[C@@H](N)c1cccc(OC)c1F. The van der Waals surface area contributed by atoms with Crippen LogP contribution < -0.4 is 10.5 Å². The molecule has 0 saturated carbocycles. The number of methoxy groups -OCH3 is 1. The van der Waals surface area contributed by atoms with Crippen LogP contribution in [0.2, 0.25) is 0 Å². The fourth-order valence-corrected chi connectivity index (χ4v) is 3.30. The van der Waals surface area contributed by atoms with Crippen LogP contribution in [0.1, 0.15) is 25.2 Å². The molecule has 0 amide bonds. The van der Waals surface area contributed by atoms with Crippen LogP contribution >= 0.6 is 7.60 Å². The Balaban J connectivity index is 3.16. The van der Waals surface area contributed by atoms with Gasteiger partial charge in [0.2, 0.25) is 0 Å². The highest BCUT2D eigenvalue weighted by Gasteiger charge is 2.36. The Hall–Kier alpha value is -0.940. The Kier molecular flexibility index (Phi) is 5.94. The predicted molar refractivity (Wildman–Crippen MR) is 70.7 cm³/mol. The highest BCUT2D eigenvalue weighted by atomic mass is 31.2. The highest BCUT2D eigenvalue weighted by molar-refractivity contribution is 7.54. The summed E-state index contributed by atoms with van der Waals surface area (Å²) in [4.78, 5) is 0. The zero-order valence-electron chi connectivity index (χ0n) is 11.3. The van der Waals surface area contributed by atoms with Crippen molar-refractivity contribution in [2.24, 2.45) is 5.73 Å². The van der Waals surface area contributed by atoms with E-state index in [1.54, 1.807) is 19.9 Å². The minimum Gasteiger partial charge on any atom is -0.494 e. The van der Waals surface area contributed by atoms with Gasteiger partial charge in [0.15, 0.2) is 11.6 Å². The summed E-state index contributed by atoms with van der Waals surface area (Å²) in [5.41, 5.74) is 5.91. The number of hydrogen-bond acceptors (Lipinski definition) is 5. The summed E-state index contributed by atoms with van der Waals surface area (Å²) in [5, 5.41) is 0. The van der Waals surface area contributed by atoms with Crippen molar-refractivity contribution < 1.29 is 22.7 Å². The monoisotopic (exact) mass is 291 g/mol. The first-order valence-electron chi connectivity index (χ1n) is 5.96. The van der Waals surface area contributed by atoms with Gasteiger partial charge in [-0.25, -0.2) is 4.39 Å². The number of ether oxygens (including phenoxy) is 1. The van der Waals surface area contributed by atoms with Crippen molar-refractivity contribution in [3.63, 3.8) is 0 Å². The third-order valence-electron chi connectivity index (χ3n) is 2.49. The molecular weight excluding hydrogens is 272 g/mol. The van der Waals surface area contributed by atoms with E-state index in [4.69, 9.17) is 19.5 Å². The Morgan fingerprint density at radius 1 is 1.32 bits per heavy atom. The number of rotatable bonds is 7. The van der Waals surface area contributed by atoms with Crippen molar-refractivity contribution in [3.05, 3.63) is 29.6 Å². The second-order valence-electron chi connectivity index (χ2n) is 3.68. The molecule has 1 atom stereocenters. The van der Waals surface area contributed by atoms with E-state index in [2.05, 4.69) is 0 Å². The Morgan fingerprint density at radius 2 is 1.89 bits per heavy atom. The van der Waals surface area contributed by atoms with Crippen LogP contribution in [0.4, 0.5) is 4.39 Å². The van der Waals surface area contributed by atoms with E-state index in [-0.39, 0.29) is 24.5 Å². The van der Waals surface area contributed by atoms with Crippen molar-refractivity contribution >= 4 is 7.60 Å². The van der Waals surface area contributed by atoms with Gasteiger partial charge in [0.05, 0.1) is 20.3 Å². The predicted octanol–water partition coefficient (Wildman–Crippen LogP) is 3.06. The highest BCUT2D eigenvalue weighted by Crippen LogP contribution is 2.58. The van der Waals surface area contributed by atoms with Crippen LogP contribution in [0, 0.1) is 5.82 Å². The second-order valence-corrected chi connectivity index (χ2v) is 5.84. The zero-order chi connectivity index (χ0) is 14.5. The molecule has 0 saturated heterocycles. The molecule has 0 radical (unpaired) electrons. The van der Waals surface area contributed by atoms with Gasteiger partial charge in [-0.15, -0.1) is 0 Å². The van der Waals surface area contributed by atoms with Crippen LogP contribution in [0.3, 0.4) is 0 Å². The number of hydrogen-bond donors (Lipinski definition) is 1. The summed E-state index contributed by atoms with van der Waals surface area (Å²) >= 11 is 0. The van der Waals surface area contributed by atoms with Crippen molar-refractivity contribution in [1.82, 2.24) is 0 Å². The number of halogens is 1. The molecule has 0 aliphatic carbocycles. The zero-order valence-corrected chi connectivity index (χ0v) is 12.2. The molecule has 0 unspecified atom stereocenters. The summed E-state index contributed by atoms with van der Waals surface area (Å²) in [6.45, 7) is 3.66. The maximum absolute atomic E-state index is 14.1. The first-order chi connectivity index (χ1) is 9.00. The van der Waals surface area contributed by atoms with Gasteiger partial charge in [-0.3, -0.25) is 4.57 Å². The molecule has 0 aliphatic rings. The molecule has 0 bridgehead atoms. The van der Waals surface area contributed by atoms with Gasteiger partial charge in [-0.05, 0) is 19.9 Å². The lowest BCUT2D eigenvalue weighted by molar-refractivity contribution is 0.211. The molecule has 0 aromatic heterocycles. The summed E-state index contributed by atoms with van der Waals surface area (Å²) in [6, 6.07) is 4.46. The summed E-state index contributed by atoms with van der Waals surface area (Å²) in [6.07, 6.45) is 0. The van der Waals surface area contributed by atoms with Crippen molar-refractivity contribution in [1.29, 1.82) is 0 Å². The summed E-state index contributed by atoms with van der Waals surface area (Å²) < 4.78 is 41.7. The number of nitrogens with two attached hydrogens (primary N) is 1. The van der Waals surface area contributed by atoms with Crippen LogP contribution in [0.5, 0.6) is 5.75 Å². The standard InChI is InChI=1S/C12H19FNO4P/c1-4-17-19(15,18-5-2)12(14)9-7-6-8-10(16-3)11(9)13/h6-8,12H,4-5,14H2,1-3H3/t12-/m1/s1. The molecule has 7 heteroatoms. The largest absolute Gasteiger partial charge is 0.494 e. The van der Waals surface area contributed by atoms with Gasteiger partial charge in [0.25, 0.3) is 0 Å². The first kappa shape index (κ1) is 16.1. The molecule has 19 heavy (non-hydrogen) atoms. The van der Waals surface area contributed by atoms with Gasteiger partial charge in [-0.2, -0.15) is 0 Å². The van der Waals surface area contributed by atoms with Crippen LogP contribution in [-0.2, 0) is 13.6 Å². The lowest BCUT2D eigenvalue weighted by Crippen LogP contribution is -2.16. The van der Waals surface area contributed by atoms with Crippen molar-refractivity contribution in [2.45, 2.75) is 19.6 Å². The average molecular weight is 291 g/mol. The minimum atomic E-state index is -3.61. The van der Waals surface area contributed by atoms with E-state index in [0.717, 1.165) is 0 Å². The maximum atomic E-state index is 14.1. The van der Waals surface area contributed by atoms with E-state index in [9.17, 15) is 8.96 Å². The van der Waals surface area contributed by atoms with Gasteiger partial charge in [-0.1, -0.05) is 12.1 Å². The lowest BCUT2D eigenvalue weighted by Gasteiger charge is -2.24. The molecule has 0 spiro atoms. The van der Waals surface area contributed by atoms with E-state index >= 15 is 0 Å². The van der Waals surface area contributed by atoms with Crippen LogP contribution in [-0.4, -0.2) is 20.3 Å². The molecule has 5 nitrogen and oxygen atoms in total. The van der Waals surface area contributed by atoms with Gasteiger partial charge in [0.1, 0.15) is 5.78 Å². The molecule has 1 rings (SSSR count). The van der Waals surface area contributed by atoms with Crippen LogP contribution in [0.25, 0.3) is 0 Å². The second kappa shape index (κ2) is 7.01. The van der Waals surface area contributed by atoms with Crippen molar-refractivity contribution in [2.75, 3.05) is 20.3 Å². The molecule has 0 aliphatic heterocycles. The maximum Gasteiger partial charge on any atom is 0.351 e. The van der Waals surface area contributed by atoms with Gasteiger partial charge >= 0.3 is 7.60 Å². The van der Waals surface area contributed by atoms with Gasteiger partial charge < -0.3 is 19.5 Å². The van der Waals surface area contributed by atoms with E-state index in [1.807, 2.05) is 0 Å². The molecule has 1 aromatic carbocycles. The minimum absolute atomic E-state index is 0.0347. The Morgan fingerprint density at radius 3 is 2.37 bits per heavy atom. The molecule has 108 valence electrons. The molecule has 2 N–H and O–H groups in total. The number of benzene rings is 1. The Bertz CT molecular complexity index is 459. The summed E-state index contributed by atoms with van der Waals surface area (Å²) in [7, 11) is -2.26. The third kappa shape index (κ3) is 3.54. The summed E-state index contributed by atoms with van der Waals surface area (Å²) in [5.74, 6) is -1.81. The molecule has 1 aromatic rings. The van der Waals surface area contributed by atoms with E-state index in [0.29, 0.717) is 0 Å². The Labute approximate surface area is 112 Å². The van der Waals surface area contributed by atoms with Crippen molar-refractivity contribution in [3.8, 4) is 5.75 Å². The molecular formula is C12H19FNO4P. The van der Waals surface area contributed by atoms with E-state index in [1.165, 1.54) is 19.2 Å². The fraction of sp³-hybridized carbons (Fsp3) is 0.500. The van der Waals surface area contributed by atoms with Crippen LogP contribution in [0.15, 0.2) is 18.2 Å². The first-order valence-corrected chi connectivity index (χ1v) is 7.58. The lowest BCUT2D eigenvalue weighted by atomic mass is 10.2. The quantitative estimate of drug-likeness (QED) is 0.782. The average Bonchev–Trinajstić information content (AvgIpc) is 2.39. The normalized spacial score (nSPS) is 13.3. The fourth-order valence-electron chi connectivity index (χ4n) is 1.64. The topological polar surface area (TPSA) is 70.8 Å². The van der Waals surface area contributed by atoms with Gasteiger partial charge in [0, 0.05) is 5.56 Å². The smallest absolute Gasteiger partial charge is 0.351 e. The van der Waals surface area contributed by atoms with E-state index < -0.39 is 19.2 Å². The molecule has 0 heterocycles.